The Balaban J connectivity index is 1.53. The maximum Gasteiger partial charge on any atom is 0.339 e. The molecule has 4 aromatic rings. The number of rotatable bonds is 8. The van der Waals surface area contributed by atoms with Crippen LogP contribution in [0.3, 0.4) is 0 Å². The van der Waals surface area contributed by atoms with E-state index < -0.39 is 5.97 Å². The van der Waals surface area contributed by atoms with E-state index in [0.717, 1.165) is 40.7 Å². The van der Waals surface area contributed by atoms with Crippen molar-refractivity contribution in [2.45, 2.75) is 13.0 Å². The molecule has 0 fully saturated rings. The van der Waals surface area contributed by atoms with Gasteiger partial charge < -0.3 is 14.7 Å². The van der Waals surface area contributed by atoms with Gasteiger partial charge >= 0.3 is 5.97 Å². The van der Waals surface area contributed by atoms with Gasteiger partial charge in [-0.15, -0.1) is 0 Å². The summed E-state index contributed by atoms with van der Waals surface area (Å²) >= 11 is 0. The molecule has 0 aliphatic carbocycles. The number of ether oxygens (including phenoxy) is 1. The first kappa shape index (κ1) is 20.4. The second kappa shape index (κ2) is 9.30. The van der Waals surface area contributed by atoms with Crippen molar-refractivity contribution in [2.75, 3.05) is 18.5 Å². The van der Waals surface area contributed by atoms with Crippen LogP contribution >= 0.6 is 0 Å². The summed E-state index contributed by atoms with van der Waals surface area (Å²) in [5.74, 6) is -0.641. The number of nitrogens with zero attached hydrogens (tertiary/aromatic N) is 2. The fraction of sp³-hybridized carbons (Fsp3) is 0.154. The number of carbonyl (C=O) groups is 1. The second-order valence-electron chi connectivity index (χ2n) is 7.41. The Morgan fingerprint density at radius 3 is 2.61 bits per heavy atom. The van der Waals surface area contributed by atoms with Crippen LogP contribution in [0.5, 0.6) is 5.75 Å². The molecule has 1 aromatic heterocycles. The number of pyridine rings is 1. The lowest BCUT2D eigenvalue weighted by Crippen LogP contribution is -2.21. The van der Waals surface area contributed by atoms with E-state index in [0.29, 0.717) is 12.4 Å². The van der Waals surface area contributed by atoms with E-state index in [1.807, 2.05) is 61.6 Å². The summed E-state index contributed by atoms with van der Waals surface area (Å²) in [6, 6.07) is 25.2. The Labute approximate surface area is 181 Å². The smallest absolute Gasteiger partial charge is 0.339 e. The number of likely N-dealkylation sites (N-methyl/N-ethyl adjacent to an activating group) is 1. The summed E-state index contributed by atoms with van der Waals surface area (Å²) in [5.41, 5.74) is 3.09. The summed E-state index contributed by atoms with van der Waals surface area (Å²) in [6.45, 7) is 1.05. The van der Waals surface area contributed by atoms with Crippen LogP contribution in [0.4, 0.5) is 5.69 Å². The lowest BCUT2D eigenvalue weighted by atomic mass is 10.1. The van der Waals surface area contributed by atoms with E-state index in [1.54, 1.807) is 18.3 Å². The van der Waals surface area contributed by atoms with E-state index in [4.69, 9.17) is 4.74 Å². The van der Waals surface area contributed by atoms with Gasteiger partial charge in [-0.3, -0.25) is 4.98 Å². The Morgan fingerprint density at radius 2 is 1.81 bits per heavy atom. The lowest BCUT2D eigenvalue weighted by molar-refractivity contribution is 0.0692. The van der Waals surface area contributed by atoms with Gasteiger partial charge in [0.05, 0.1) is 0 Å². The Bertz CT molecular complexity index is 1190. The number of fused-ring (bicyclic) bond motifs is 1. The first-order valence-corrected chi connectivity index (χ1v) is 10.2. The highest BCUT2D eigenvalue weighted by atomic mass is 16.5. The monoisotopic (exact) mass is 412 g/mol. The van der Waals surface area contributed by atoms with Crippen LogP contribution < -0.4 is 9.64 Å². The largest absolute Gasteiger partial charge is 0.488 e. The first-order chi connectivity index (χ1) is 15.1. The number of hydrogen-bond donors (Lipinski definition) is 1. The third kappa shape index (κ3) is 4.83. The molecule has 0 bridgehead atoms. The predicted octanol–water partition coefficient (Wildman–Crippen LogP) is 5.19. The van der Waals surface area contributed by atoms with Crippen LogP contribution in [0.2, 0.25) is 0 Å². The minimum atomic E-state index is -1.00. The molecular formula is C26H24N2O3. The topological polar surface area (TPSA) is 62.7 Å². The molecular weight excluding hydrogens is 388 g/mol. The SMILES string of the molecule is CN(CCc1ccccn1)c1ccc(C(=O)O)c(OCc2cccc3ccccc23)c1. The van der Waals surface area contributed by atoms with Crippen molar-refractivity contribution in [1.82, 2.24) is 4.98 Å². The van der Waals surface area contributed by atoms with Crippen LogP contribution in [0.1, 0.15) is 21.6 Å². The maximum atomic E-state index is 11.7. The average molecular weight is 412 g/mol. The van der Waals surface area contributed by atoms with Gasteiger partial charge in [-0.2, -0.15) is 0 Å². The number of hydrogen-bond acceptors (Lipinski definition) is 4. The van der Waals surface area contributed by atoms with Crippen LogP contribution in [-0.4, -0.2) is 29.7 Å². The normalized spacial score (nSPS) is 10.7. The number of carboxylic acid groups (broad SMARTS) is 1. The quantitative estimate of drug-likeness (QED) is 0.431. The zero-order valence-electron chi connectivity index (χ0n) is 17.4. The fourth-order valence-corrected chi connectivity index (χ4v) is 3.58. The van der Waals surface area contributed by atoms with Crippen molar-refractivity contribution < 1.29 is 14.6 Å². The van der Waals surface area contributed by atoms with Gasteiger partial charge in [-0.25, -0.2) is 4.79 Å². The standard InChI is InChI=1S/C26H24N2O3/c1-28(16-14-21-10-4-5-15-27-21)22-12-13-24(26(29)30)25(17-22)31-18-20-9-6-8-19-7-2-3-11-23(19)20/h2-13,15,17H,14,16,18H2,1H3,(H,29,30). The maximum absolute atomic E-state index is 11.7. The van der Waals surface area contributed by atoms with Crippen molar-refractivity contribution in [2.24, 2.45) is 0 Å². The van der Waals surface area contributed by atoms with Gasteiger partial charge in [0.15, 0.2) is 0 Å². The first-order valence-electron chi connectivity index (χ1n) is 10.2. The number of aromatic nitrogens is 1. The summed E-state index contributed by atoms with van der Waals surface area (Å²) in [7, 11) is 1.98. The molecule has 1 heterocycles. The number of carboxylic acids is 1. The summed E-state index contributed by atoms with van der Waals surface area (Å²) in [5, 5.41) is 11.8. The van der Waals surface area contributed by atoms with Crippen LogP contribution in [0, 0.1) is 0 Å². The molecule has 4 rings (SSSR count). The zero-order chi connectivity index (χ0) is 21.6. The minimum absolute atomic E-state index is 0.155. The molecule has 0 atom stereocenters. The molecule has 5 nitrogen and oxygen atoms in total. The van der Waals surface area contributed by atoms with E-state index >= 15 is 0 Å². The second-order valence-corrected chi connectivity index (χ2v) is 7.41. The highest BCUT2D eigenvalue weighted by Crippen LogP contribution is 2.28. The third-order valence-electron chi connectivity index (χ3n) is 5.33. The Kier molecular flexibility index (Phi) is 6.13. The van der Waals surface area contributed by atoms with Gasteiger partial charge in [0.1, 0.15) is 17.9 Å². The Morgan fingerprint density at radius 1 is 1.00 bits per heavy atom. The summed E-state index contributed by atoms with van der Waals surface area (Å²) in [6.07, 6.45) is 2.58. The van der Waals surface area contributed by atoms with E-state index in [1.165, 1.54) is 0 Å². The summed E-state index contributed by atoms with van der Waals surface area (Å²) < 4.78 is 6.03. The van der Waals surface area contributed by atoms with Crippen molar-refractivity contribution in [3.8, 4) is 5.75 Å². The third-order valence-corrected chi connectivity index (χ3v) is 5.33. The molecule has 5 heteroatoms. The van der Waals surface area contributed by atoms with Crippen molar-refractivity contribution in [1.29, 1.82) is 0 Å². The molecule has 1 N–H and O–H groups in total. The fourth-order valence-electron chi connectivity index (χ4n) is 3.58. The van der Waals surface area contributed by atoms with Crippen LogP contribution in [0.15, 0.2) is 85.1 Å². The molecule has 0 aliphatic heterocycles. The predicted molar refractivity (Wildman–Crippen MR) is 123 cm³/mol. The van der Waals surface area contributed by atoms with Crippen molar-refractivity contribution in [3.63, 3.8) is 0 Å². The van der Waals surface area contributed by atoms with Gasteiger partial charge in [0, 0.05) is 43.7 Å². The molecule has 156 valence electrons. The Hall–Kier alpha value is -3.86. The van der Waals surface area contributed by atoms with Crippen molar-refractivity contribution in [3.05, 3.63) is 102 Å². The molecule has 0 saturated heterocycles. The molecule has 0 aliphatic rings. The number of benzene rings is 3. The number of anilines is 1. The molecule has 0 amide bonds. The minimum Gasteiger partial charge on any atom is -0.488 e. The van der Waals surface area contributed by atoms with E-state index in [9.17, 15) is 9.90 Å². The van der Waals surface area contributed by atoms with Gasteiger partial charge in [0.25, 0.3) is 0 Å². The molecule has 0 saturated carbocycles. The van der Waals surface area contributed by atoms with Gasteiger partial charge in [0.2, 0.25) is 0 Å². The highest BCUT2D eigenvalue weighted by molar-refractivity contribution is 5.91. The van der Waals surface area contributed by atoms with E-state index in [2.05, 4.69) is 22.0 Å². The lowest BCUT2D eigenvalue weighted by Gasteiger charge is -2.21. The highest BCUT2D eigenvalue weighted by Gasteiger charge is 2.14. The van der Waals surface area contributed by atoms with Gasteiger partial charge in [-0.1, -0.05) is 48.5 Å². The number of aromatic carboxylic acids is 1. The molecule has 31 heavy (non-hydrogen) atoms. The molecule has 3 aromatic carbocycles. The average Bonchev–Trinajstić information content (AvgIpc) is 2.81. The summed E-state index contributed by atoms with van der Waals surface area (Å²) in [4.78, 5) is 18.2. The van der Waals surface area contributed by atoms with Crippen LogP contribution in [-0.2, 0) is 13.0 Å². The van der Waals surface area contributed by atoms with E-state index in [-0.39, 0.29) is 5.56 Å². The molecule has 0 spiro atoms. The van der Waals surface area contributed by atoms with Crippen molar-refractivity contribution >= 4 is 22.4 Å². The van der Waals surface area contributed by atoms with Crippen LogP contribution in [0.25, 0.3) is 10.8 Å². The molecule has 0 radical (unpaired) electrons. The zero-order valence-corrected chi connectivity index (χ0v) is 17.4. The van der Waals surface area contributed by atoms with Gasteiger partial charge in [-0.05, 0) is 40.6 Å². The molecule has 0 unspecified atom stereocenters.